The van der Waals surface area contributed by atoms with Crippen molar-refractivity contribution in [2.45, 2.75) is 24.8 Å². The van der Waals surface area contributed by atoms with E-state index >= 15 is 0 Å². The zero-order valence-corrected chi connectivity index (χ0v) is 10.9. The highest BCUT2D eigenvalue weighted by Crippen LogP contribution is 2.38. The Morgan fingerprint density at radius 1 is 1.28 bits per heavy atom. The average molecular weight is 261 g/mol. The molecule has 0 aromatic rings. The SMILES string of the molecule is COCCOCCCOCC(N)(C(=O)O)C1CC1. The number of carbonyl (C=O) groups is 1. The molecule has 0 saturated heterocycles. The van der Waals surface area contributed by atoms with Crippen LogP contribution in [0.4, 0.5) is 0 Å². The summed E-state index contributed by atoms with van der Waals surface area (Å²) in [6, 6.07) is 0. The number of nitrogens with two attached hydrogens (primary N) is 1. The van der Waals surface area contributed by atoms with Crippen LogP contribution in [-0.2, 0) is 19.0 Å². The summed E-state index contributed by atoms with van der Waals surface area (Å²) in [5, 5.41) is 9.10. The van der Waals surface area contributed by atoms with E-state index in [0.717, 1.165) is 19.3 Å². The van der Waals surface area contributed by atoms with Crippen LogP contribution >= 0.6 is 0 Å². The van der Waals surface area contributed by atoms with Crippen molar-refractivity contribution in [2.24, 2.45) is 11.7 Å². The molecule has 0 aliphatic heterocycles. The van der Waals surface area contributed by atoms with E-state index < -0.39 is 11.5 Å². The molecule has 1 saturated carbocycles. The van der Waals surface area contributed by atoms with Gasteiger partial charge in [0.1, 0.15) is 5.54 Å². The molecule has 1 unspecified atom stereocenters. The second kappa shape index (κ2) is 7.68. The Hall–Kier alpha value is -0.690. The van der Waals surface area contributed by atoms with Crippen LogP contribution < -0.4 is 5.73 Å². The Kier molecular flexibility index (Phi) is 6.56. The normalized spacial score (nSPS) is 18.6. The molecule has 0 aromatic heterocycles. The lowest BCUT2D eigenvalue weighted by Crippen LogP contribution is -2.54. The van der Waals surface area contributed by atoms with E-state index in [1.165, 1.54) is 0 Å². The number of methoxy groups -OCH3 is 1. The zero-order chi connectivity index (χ0) is 13.4. The van der Waals surface area contributed by atoms with Gasteiger partial charge in [-0.25, -0.2) is 0 Å². The minimum absolute atomic E-state index is 0.0629. The lowest BCUT2D eigenvalue weighted by Gasteiger charge is -2.24. The summed E-state index contributed by atoms with van der Waals surface area (Å²) < 4.78 is 15.4. The smallest absolute Gasteiger partial charge is 0.326 e. The van der Waals surface area contributed by atoms with E-state index in [0.29, 0.717) is 26.4 Å². The first-order valence-electron chi connectivity index (χ1n) is 6.28. The monoisotopic (exact) mass is 261 g/mol. The van der Waals surface area contributed by atoms with Crippen molar-refractivity contribution in [3.63, 3.8) is 0 Å². The van der Waals surface area contributed by atoms with E-state index in [-0.39, 0.29) is 12.5 Å². The van der Waals surface area contributed by atoms with Crippen LogP contribution in [-0.4, -0.2) is 56.8 Å². The number of hydrogen-bond acceptors (Lipinski definition) is 5. The fourth-order valence-corrected chi connectivity index (χ4v) is 1.70. The lowest BCUT2D eigenvalue weighted by atomic mass is 9.96. The molecule has 1 atom stereocenters. The minimum atomic E-state index is -1.21. The van der Waals surface area contributed by atoms with Crippen molar-refractivity contribution < 1.29 is 24.1 Å². The molecule has 1 aliphatic rings. The number of carboxylic acid groups (broad SMARTS) is 1. The maximum atomic E-state index is 11.1. The molecule has 18 heavy (non-hydrogen) atoms. The van der Waals surface area contributed by atoms with Crippen molar-refractivity contribution in [1.29, 1.82) is 0 Å². The van der Waals surface area contributed by atoms with E-state index in [4.69, 9.17) is 25.1 Å². The van der Waals surface area contributed by atoms with Gasteiger partial charge in [0.25, 0.3) is 0 Å². The quantitative estimate of drug-likeness (QED) is 0.518. The Balaban J connectivity index is 2.04. The number of carboxylic acids is 1. The fraction of sp³-hybridized carbons (Fsp3) is 0.917. The van der Waals surface area contributed by atoms with Gasteiger partial charge in [0, 0.05) is 20.3 Å². The van der Waals surface area contributed by atoms with Crippen LogP contribution in [0.3, 0.4) is 0 Å². The molecule has 0 bridgehead atoms. The van der Waals surface area contributed by atoms with Gasteiger partial charge in [0.05, 0.1) is 19.8 Å². The van der Waals surface area contributed by atoms with Gasteiger partial charge in [-0.3, -0.25) is 4.79 Å². The van der Waals surface area contributed by atoms with Crippen molar-refractivity contribution in [2.75, 3.05) is 40.1 Å². The molecule has 0 aromatic carbocycles. The van der Waals surface area contributed by atoms with Crippen molar-refractivity contribution >= 4 is 5.97 Å². The molecule has 0 spiro atoms. The van der Waals surface area contributed by atoms with E-state index in [1.54, 1.807) is 7.11 Å². The van der Waals surface area contributed by atoms with Gasteiger partial charge < -0.3 is 25.1 Å². The van der Waals surface area contributed by atoms with Crippen LogP contribution in [0.2, 0.25) is 0 Å². The first-order valence-corrected chi connectivity index (χ1v) is 6.28. The predicted molar refractivity (Wildman–Crippen MR) is 65.4 cm³/mol. The summed E-state index contributed by atoms with van der Waals surface area (Å²) in [6.07, 6.45) is 2.49. The van der Waals surface area contributed by atoms with Gasteiger partial charge in [0.15, 0.2) is 0 Å². The second-order valence-electron chi connectivity index (χ2n) is 4.63. The molecule has 1 aliphatic carbocycles. The standard InChI is InChI=1S/C12H23NO5/c1-16-7-8-17-5-2-6-18-9-12(13,11(14)15)10-3-4-10/h10H,2-9,13H2,1H3,(H,14,15). The van der Waals surface area contributed by atoms with Gasteiger partial charge in [-0.1, -0.05) is 0 Å². The average Bonchev–Trinajstić information content (AvgIpc) is 3.16. The van der Waals surface area contributed by atoms with Gasteiger partial charge in [0.2, 0.25) is 0 Å². The molecule has 0 radical (unpaired) electrons. The summed E-state index contributed by atoms with van der Waals surface area (Å²) in [5.41, 5.74) is 4.64. The van der Waals surface area contributed by atoms with E-state index in [1.807, 2.05) is 0 Å². The van der Waals surface area contributed by atoms with Crippen LogP contribution in [0, 0.1) is 5.92 Å². The third-order valence-corrected chi connectivity index (χ3v) is 3.05. The summed E-state index contributed by atoms with van der Waals surface area (Å²) >= 11 is 0. The Bertz CT molecular complexity index is 257. The van der Waals surface area contributed by atoms with Crippen LogP contribution in [0.15, 0.2) is 0 Å². The van der Waals surface area contributed by atoms with Gasteiger partial charge in [-0.15, -0.1) is 0 Å². The summed E-state index contributed by atoms with van der Waals surface area (Å²) in [5.74, 6) is -0.908. The van der Waals surface area contributed by atoms with E-state index in [9.17, 15) is 4.79 Å². The number of ether oxygens (including phenoxy) is 3. The maximum Gasteiger partial charge on any atom is 0.326 e. The Morgan fingerprint density at radius 2 is 1.94 bits per heavy atom. The highest BCUT2D eigenvalue weighted by molar-refractivity contribution is 5.79. The molecule has 3 N–H and O–H groups in total. The largest absolute Gasteiger partial charge is 0.480 e. The molecular weight excluding hydrogens is 238 g/mol. The molecule has 1 rings (SSSR count). The van der Waals surface area contributed by atoms with Crippen LogP contribution in [0.25, 0.3) is 0 Å². The number of rotatable bonds is 11. The molecule has 6 heteroatoms. The number of aliphatic carboxylic acids is 1. The highest BCUT2D eigenvalue weighted by atomic mass is 16.5. The first-order chi connectivity index (χ1) is 8.61. The summed E-state index contributed by atoms with van der Waals surface area (Å²) in [4.78, 5) is 11.1. The van der Waals surface area contributed by atoms with Gasteiger partial charge in [-0.2, -0.15) is 0 Å². The number of hydrogen-bond donors (Lipinski definition) is 2. The minimum Gasteiger partial charge on any atom is -0.480 e. The zero-order valence-electron chi connectivity index (χ0n) is 10.9. The maximum absolute atomic E-state index is 11.1. The van der Waals surface area contributed by atoms with Crippen molar-refractivity contribution in [1.82, 2.24) is 0 Å². The summed E-state index contributed by atoms with van der Waals surface area (Å²) in [6.45, 7) is 2.26. The molecule has 6 nitrogen and oxygen atoms in total. The molecule has 0 heterocycles. The molecule has 0 amide bonds. The third kappa shape index (κ3) is 4.89. The first kappa shape index (κ1) is 15.4. The fourth-order valence-electron chi connectivity index (χ4n) is 1.70. The van der Waals surface area contributed by atoms with Crippen molar-refractivity contribution in [3.8, 4) is 0 Å². The second-order valence-corrected chi connectivity index (χ2v) is 4.63. The van der Waals surface area contributed by atoms with Crippen LogP contribution in [0.5, 0.6) is 0 Å². The highest BCUT2D eigenvalue weighted by Gasteiger charge is 2.48. The van der Waals surface area contributed by atoms with Gasteiger partial charge in [-0.05, 0) is 25.2 Å². The lowest BCUT2D eigenvalue weighted by molar-refractivity contribution is -0.147. The molecule has 1 fully saturated rings. The predicted octanol–water partition coefficient (Wildman–Crippen LogP) is 0.248. The molecule has 106 valence electrons. The third-order valence-electron chi connectivity index (χ3n) is 3.05. The summed E-state index contributed by atoms with van der Waals surface area (Å²) in [7, 11) is 1.62. The van der Waals surface area contributed by atoms with Gasteiger partial charge >= 0.3 is 5.97 Å². The van der Waals surface area contributed by atoms with Crippen molar-refractivity contribution in [3.05, 3.63) is 0 Å². The van der Waals surface area contributed by atoms with E-state index in [2.05, 4.69) is 0 Å². The molecular formula is C12H23NO5. The van der Waals surface area contributed by atoms with Crippen LogP contribution in [0.1, 0.15) is 19.3 Å². The Labute approximate surface area is 107 Å². The Morgan fingerprint density at radius 3 is 2.50 bits per heavy atom. The topological polar surface area (TPSA) is 91.0 Å².